The Labute approximate surface area is 98.5 Å². The molecule has 5 heteroatoms. The van der Waals surface area contributed by atoms with Crippen LogP contribution in [-0.4, -0.2) is 30.2 Å². The Kier molecular flexibility index (Phi) is 7.69. The Bertz CT molecular complexity index is 238. The van der Waals surface area contributed by atoms with E-state index < -0.39 is 7.80 Å². The van der Waals surface area contributed by atoms with Gasteiger partial charge in [0.1, 0.15) is 13.6 Å². The second-order valence-corrected chi connectivity index (χ2v) is 6.58. The van der Waals surface area contributed by atoms with Gasteiger partial charge in [0.25, 0.3) is 0 Å². The van der Waals surface area contributed by atoms with Gasteiger partial charge in [0.15, 0.2) is 0 Å². The van der Waals surface area contributed by atoms with Crippen LogP contribution in [0, 0.1) is 0 Å². The van der Waals surface area contributed by atoms with E-state index in [9.17, 15) is 9.36 Å². The second-order valence-electron chi connectivity index (χ2n) is 4.33. The van der Waals surface area contributed by atoms with Crippen molar-refractivity contribution in [2.75, 3.05) is 6.16 Å². The molecule has 0 aliphatic rings. The van der Waals surface area contributed by atoms with E-state index in [1.54, 1.807) is 20.8 Å². The summed E-state index contributed by atoms with van der Waals surface area (Å²) in [6.07, 6.45) is 0.525. The number of carbonyl (C=O) groups excluding carboxylic acids is 1. The van der Waals surface area contributed by atoms with Gasteiger partial charge >= 0.3 is 5.97 Å². The van der Waals surface area contributed by atoms with Gasteiger partial charge in [-0.1, -0.05) is 0 Å². The second kappa shape index (κ2) is 7.86. The maximum absolute atomic E-state index is 11.7. The molecule has 4 nitrogen and oxygen atoms in total. The van der Waals surface area contributed by atoms with E-state index in [1.165, 1.54) is 0 Å². The maximum Gasteiger partial charge on any atom is 0.306 e. The lowest BCUT2D eigenvalue weighted by Gasteiger charge is -2.15. The molecule has 0 spiro atoms. The zero-order chi connectivity index (χ0) is 12.7. The fourth-order valence-electron chi connectivity index (χ4n) is 1.23. The van der Waals surface area contributed by atoms with Crippen LogP contribution in [0.1, 0.15) is 41.0 Å². The molecular weight excluding hydrogens is 227 g/mol. The highest BCUT2D eigenvalue weighted by Gasteiger charge is 2.15. The van der Waals surface area contributed by atoms with Gasteiger partial charge < -0.3 is 14.0 Å². The van der Waals surface area contributed by atoms with Crippen molar-refractivity contribution in [3.05, 3.63) is 0 Å². The zero-order valence-corrected chi connectivity index (χ0v) is 11.8. The molecule has 0 radical (unpaired) electrons. The van der Waals surface area contributed by atoms with Gasteiger partial charge in [0, 0.05) is 6.16 Å². The molecule has 96 valence electrons. The quantitative estimate of drug-likeness (QED) is 0.515. The van der Waals surface area contributed by atoms with Gasteiger partial charge in [0.2, 0.25) is 0 Å². The van der Waals surface area contributed by atoms with E-state index in [4.69, 9.17) is 9.47 Å². The van der Waals surface area contributed by atoms with Crippen LogP contribution in [0.5, 0.6) is 0 Å². The van der Waals surface area contributed by atoms with Crippen LogP contribution in [0.4, 0.5) is 0 Å². The van der Waals surface area contributed by atoms with Gasteiger partial charge in [-0.15, -0.1) is 0 Å². The monoisotopic (exact) mass is 250 g/mol. The van der Waals surface area contributed by atoms with Gasteiger partial charge in [-0.3, -0.25) is 4.79 Å². The molecule has 0 amide bonds. The lowest BCUT2D eigenvalue weighted by atomic mass is 10.4. The van der Waals surface area contributed by atoms with E-state index in [2.05, 4.69) is 0 Å². The summed E-state index contributed by atoms with van der Waals surface area (Å²) < 4.78 is 22.1. The number of hydrogen-bond donors (Lipinski definition) is 0. The fourth-order valence-corrected chi connectivity index (χ4v) is 2.52. The molecule has 2 atom stereocenters. The summed E-state index contributed by atoms with van der Waals surface area (Å²) in [5.41, 5.74) is 0. The van der Waals surface area contributed by atoms with Crippen LogP contribution in [-0.2, 0) is 18.8 Å². The van der Waals surface area contributed by atoms with Crippen molar-refractivity contribution in [3.8, 4) is 0 Å². The van der Waals surface area contributed by atoms with Crippen molar-refractivity contribution in [2.45, 2.75) is 59.1 Å². The average molecular weight is 250 g/mol. The molecule has 0 aromatic rings. The first-order chi connectivity index (χ1) is 7.32. The van der Waals surface area contributed by atoms with E-state index in [-0.39, 0.29) is 30.4 Å². The summed E-state index contributed by atoms with van der Waals surface area (Å²) in [7, 11) is -1.87. The predicted molar refractivity (Wildman–Crippen MR) is 65.4 cm³/mol. The van der Waals surface area contributed by atoms with E-state index in [0.717, 1.165) is 0 Å². The first-order valence-electron chi connectivity index (χ1n) is 5.70. The smallest absolute Gasteiger partial charge is 0.306 e. The maximum atomic E-state index is 11.7. The number of rotatable bonds is 7. The normalized spacial score (nSPS) is 15.2. The molecular formula is C11H23O4P. The standard InChI is InChI=1S/C11H23O4P/c1-8(2)14-10(5)16(13)7-6-11(12)15-9(3)4/h8-10,16H,6-7H2,1-5H3. The van der Waals surface area contributed by atoms with E-state index >= 15 is 0 Å². The first kappa shape index (κ1) is 15.7. The van der Waals surface area contributed by atoms with Crippen molar-refractivity contribution in [1.29, 1.82) is 0 Å². The summed E-state index contributed by atoms with van der Waals surface area (Å²) >= 11 is 0. The van der Waals surface area contributed by atoms with Gasteiger partial charge in [-0.2, -0.15) is 0 Å². The zero-order valence-electron chi connectivity index (χ0n) is 10.8. The summed E-state index contributed by atoms with van der Waals surface area (Å²) in [6, 6.07) is 0. The average Bonchev–Trinajstić information content (AvgIpc) is 2.11. The highest BCUT2D eigenvalue weighted by Crippen LogP contribution is 2.30. The summed E-state index contributed by atoms with van der Waals surface area (Å²) in [4.78, 5) is 11.2. The molecule has 0 aliphatic carbocycles. The Morgan fingerprint density at radius 2 is 1.69 bits per heavy atom. The van der Waals surface area contributed by atoms with Crippen molar-refractivity contribution in [2.24, 2.45) is 0 Å². The lowest BCUT2D eigenvalue weighted by Crippen LogP contribution is -2.14. The molecule has 0 bridgehead atoms. The minimum absolute atomic E-state index is 0.0616. The van der Waals surface area contributed by atoms with Gasteiger partial charge in [0.05, 0.1) is 18.6 Å². The van der Waals surface area contributed by atoms with Crippen LogP contribution in [0.2, 0.25) is 0 Å². The molecule has 0 aromatic heterocycles. The van der Waals surface area contributed by atoms with Crippen molar-refractivity contribution in [1.82, 2.24) is 0 Å². The van der Waals surface area contributed by atoms with Crippen LogP contribution in [0.3, 0.4) is 0 Å². The number of carbonyl (C=O) groups is 1. The van der Waals surface area contributed by atoms with Crippen molar-refractivity contribution >= 4 is 13.8 Å². The predicted octanol–water partition coefficient (Wildman–Crippen LogP) is 2.66. The van der Waals surface area contributed by atoms with Crippen molar-refractivity contribution < 1.29 is 18.8 Å². The topological polar surface area (TPSA) is 52.6 Å². The highest BCUT2D eigenvalue weighted by molar-refractivity contribution is 7.45. The summed E-state index contributed by atoms with van der Waals surface area (Å²) in [6.45, 7) is 9.18. The highest BCUT2D eigenvalue weighted by atomic mass is 31.1. The third-order valence-corrected chi connectivity index (χ3v) is 3.66. The fraction of sp³-hybridized carbons (Fsp3) is 0.909. The SMILES string of the molecule is CC(C)OC(=O)CC[PH](=O)C(C)OC(C)C. The Hall–Kier alpha value is -0.340. The Morgan fingerprint density at radius 3 is 2.12 bits per heavy atom. The van der Waals surface area contributed by atoms with Gasteiger partial charge in [-0.05, 0) is 34.6 Å². The minimum Gasteiger partial charge on any atom is -0.463 e. The minimum atomic E-state index is -1.87. The molecule has 0 rings (SSSR count). The largest absolute Gasteiger partial charge is 0.463 e. The van der Waals surface area contributed by atoms with Gasteiger partial charge in [-0.25, -0.2) is 0 Å². The van der Waals surface area contributed by atoms with Crippen LogP contribution in [0.25, 0.3) is 0 Å². The molecule has 0 aromatic carbocycles. The molecule has 0 aliphatic heterocycles. The molecule has 0 saturated heterocycles. The molecule has 0 saturated carbocycles. The third kappa shape index (κ3) is 7.89. The van der Waals surface area contributed by atoms with E-state index in [1.807, 2.05) is 13.8 Å². The Balaban J connectivity index is 3.84. The first-order valence-corrected chi connectivity index (χ1v) is 7.39. The number of hydrogen-bond acceptors (Lipinski definition) is 4. The number of esters is 1. The summed E-state index contributed by atoms with van der Waals surface area (Å²) in [5.74, 6) is -0.554. The Morgan fingerprint density at radius 1 is 1.12 bits per heavy atom. The summed E-state index contributed by atoms with van der Waals surface area (Å²) in [5, 5.41) is 0. The third-order valence-electron chi connectivity index (χ3n) is 1.87. The number of ether oxygens (including phenoxy) is 2. The molecule has 0 heterocycles. The van der Waals surface area contributed by atoms with Crippen LogP contribution >= 0.6 is 7.80 Å². The van der Waals surface area contributed by atoms with E-state index in [0.29, 0.717) is 6.16 Å². The van der Waals surface area contributed by atoms with Crippen LogP contribution < -0.4 is 0 Å². The molecule has 2 unspecified atom stereocenters. The molecule has 0 N–H and O–H groups in total. The lowest BCUT2D eigenvalue weighted by molar-refractivity contribution is -0.146. The molecule has 0 fully saturated rings. The molecule has 16 heavy (non-hydrogen) atoms. The van der Waals surface area contributed by atoms with Crippen molar-refractivity contribution in [3.63, 3.8) is 0 Å². The van der Waals surface area contributed by atoms with Crippen LogP contribution in [0.15, 0.2) is 0 Å².